The van der Waals surface area contributed by atoms with Crippen LogP contribution in [0.1, 0.15) is 11.1 Å². The molecule has 0 spiro atoms. The highest BCUT2D eigenvalue weighted by molar-refractivity contribution is 6.30. The second-order valence-corrected chi connectivity index (χ2v) is 7.30. The smallest absolute Gasteiger partial charge is 0.258 e. The van der Waals surface area contributed by atoms with Gasteiger partial charge in [0.25, 0.3) is 5.56 Å². The van der Waals surface area contributed by atoms with E-state index in [0.717, 1.165) is 22.0 Å². The lowest BCUT2D eigenvalue weighted by Crippen LogP contribution is -2.13. The number of anilines is 1. The summed E-state index contributed by atoms with van der Waals surface area (Å²) in [7, 11) is 1.65. The monoisotopic (exact) mass is 396 g/mol. The number of aromatic nitrogens is 3. The van der Waals surface area contributed by atoms with Crippen molar-refractivity contribution in [3.05, 3.63) is 63.0 Å². The largest absolute Gasteiger partial charge is 0.383 e. The first-order chi connectivity index (χ1) is 13.5. The number of aromatic amines is 1. The lowest BCUT2D eigenvalue weighted by Gasteiger charge is -2.10. The number of fused-ring (bicyclic) bond motifs is 2. The summed E-state index contributed by atoms with van der Waals surface area (Å²) in [4.78, 5) is 20.6. The molecule has 4 rings (SSSR count). The highest BCUT2D eigenvalue weighted by atomic mass is 35.5. The van der Waals surface area contributed by atoms with Crippen LogP contribution in [0.15, 0.2) is 41.3 Å². The van der Waals surface area contributed by atoms with Crippen LogP contribution in [0.4, 0.5) is 5.82 Å². The normalized spacial score (nSPS) is 11.4. The maximum atomic E-state index is 12.9. The summed E-state index contributed by atoms with van der Waals surface area (Å²) in [5.41, 5.74) is 4.66. The van der Waals surface area contributed by atoms with Crippen LogP contribution in [0.5, 0.6) is 0 Å². The molecule has 28 heavy (non-hydrogen) atoms. The van der Waals surface area contributed by atoms with E-state index >= 15 is 0 Å². The van der Waals surface area contributed by atoms with Gasteiger partial charge in [-0.1, -0.05) is 23.2 Å². The molecule has 0 saturated heterocycles. The number of hydrogen-bond acceptors (Lipinski definition) is 4. The number of H-pyrrole nitrogens is 1. The zero-order valence-electron chi connectivity index (χ0n) is 16.0. The van der Waals surface area contributed by atoms with Gasteiger partial charge < -0.3 is 15.0 Å². The Morgan fingerprint density at radius 1 is 1.25 bits per heavy atom. The van der Waals surface area contributed by atoms with Gasteiger partial charge in [-0.3, -0.25) is 9.20 Å². The highest BCUT2D eigenvalue weighted by Gasteiger charge is 2.18. The standard InChI is InChI=1S/C21H21ClN4O2/c1-12-8-13(2)18-14(9-12)10-16(21(27)25-18)19-20(23-6-7-28-3)26-11-15(22)4-5-17(26)24-19/h4-5,8-11,23H,6-7H2,1-3H3,(H,25,27). The van der Waals surface area contributed by atoms with Crippen LogP contribution in [-0.2, 0) is 4.74 Å². The van der Waals surface area contributed by atoms with Crippen molar-refractivity contribution in [2.45, 2.75) is 13.8 Å². The second kappa shape index (κ2) is 7.30. The molecule has 0 unspecified atom stereocenters. The van der Waals surface area contributed by atoms with Crippen molar-refractivity contribution in [3.8, 4) is 11.3 Å². The minimum Gasteiger partial charge on any atom is -0.383 e. The number of aryl methyl sites for hydroxylation is 2. The number of benzene rings is 1. The van der Waals surface area contributed by atoms with Crippen LogP contribution in [0.25, 0.3) is 27.8 Å². The first kappa shape index (κ1) is 18.5. The number of nitrogens with zero attached hydrogens (tertiary/aromatic N) is 2. The SMILES string of the molecule is COCCNc1c(-c2cc3cc(C)cc(C)c3[nH]c2=O)nc2ccc(Cl)cn12. The van der Waals surface area contributed by atoms with Gasteiger partial charge in [-0.25, -0.2) is 4.98 Å². The lowest BCUT2D eigenvalue weighted by atomic mass is 10.0. The molecule has 0 radical (unpaired) electrons. The van der Waals surface area contributed by atoms with Crippen molar-refractivity contribution in [2.75, 3.05) is 25.6 Å². The van der Waals surface area contributed by atoms with E-state index in [1.807, 2.05) is 30.4 Å². The fourth-order valence-electron chi connectivity index (χ4n) is 3.51. The Balaban J connectivity index is 1.96. The molecule has 0 bridgehead atoms. The summed E-state index contributed by atoms with van der Waals surface area (Å²) in [5.74, 6) is 0.712. The van der Waals surface area contributed by atoms with Gasteiger partial charge in [0.15, 0.2) is 0 Å². The minimum atomic E-state index is -0.177. The topological polar surface area (TPSA) is 71.4 Å². The summed E-state index contributed by atoms with van der Waals surface area (Å²) in [5, 5.41) is 4.89. The number of rotatable bonds is 5. The number of methoxy groups -OCH3 is 1. The molecule has 3 heterocycles. The molecule has 0 aliphatic carbocycles. The Kier molecular flexibility index (Phi) is 4.83. The first-order valence-electron chi connectivity index (χ1n) is 9.03. The predicted molar refractivity (Wildman–Crippen MR) is 114 cm³/mol. The Hall–Kier alpha value is -2.83. The van der Waals surface area contributed by atoms with E-state index in [9.17, 15) is 4.79 Å². The fourth-order valence-corrected chi connectivity index (χ4v) is 3.67. The van der Waals surface area contributed by atoms with Gasteiger partial charge in [-0.2, -0.15) is 0 Å². The summed E-state index contributed by atoms with van der Waals surface area (Å²) >= 11 is 6.18. The maximum absolute atomic E-state index is 12.9. The number of halogens is 1. The number of ether oxygens (including phenoxy) is 1. The zero-order valence-corrected chi connectivity index (χ0v) is 16.7. The van der Waals surface area contributed by atoms with Crippen LogP contribution < -0.4 is 10.9 Å². The summed E-state index contributed by atoms with van der Waals surface area (Å²) in [6.45, 7) is 5.14. The molecule has 144 valence electrons. The van der Waals surface area contributed by atoms with Gasteiger partial charge >= 0.3 is 0 Å². The summed E-state index contributed by atoms with van der Waals surface area (Å²) in [6, 6.07) is 9.63. The number of hydrogen-bond donors (Lipinski definition) is 2. The van der Waals surface area contributed by atoms with Crippen molar-refractivity contribution in [1.29, 1.82) is 0 Å². The average Bonchev–Trinajstić information content (AvgIpc) is 3.00. The number of pyridine rings is 2. The van der Waals surface area contributed by atoms with Crippen LogP contribution in [0.2, 0.25) is 5.02 Å². The van der Waals surface area contributed by atoms with Crippen molar-refractivity contribution >= 4 is 34.0 Å². The lowest BCUT2D eigenvalue weighted by molar-refractivity contribution is 0.210. The first-order valence-corrected chi connectivity index (χ1v) is 9.41. The van der Waals surface area contributed by atoms with E-state index in [1.54, 1.807) is 19.4 Å². The summed E-state index contributed by atoms with van der Waals surface area (Å²) < 4.78 is 7.00. The molecule has 3 aromatic heterocycles. The highest BCUT2D eigenvalue weighted by Crippen LogP contribution is 2.30. The molecule has 7 heteroatoms. The third-order valence-electron chi connectivity index (χ3n) is 4.73. The summed E-state index contributed by atoms with van der Waals surface area (Å²) in [6.07, 6.45) is 1.78. The second-order valence-electron chi connectivity index (χ2n) is 6.86. The maximum Gasteiger partial charge on any atom is 0.258 e. The molecule has 0 fully saturated rings. The molecule has 0 aliphatic heterocycles. The molecule has 6 nitrogen and oxygen atoms in total. The van der Waals surface area contributed by atoms with Gasteiger partial charge in [0, 0.05) is 19.9 Å². The average molecular weight is 397 g/mol. The molecule has 0 amide bonds. The van der Waals surface area contributed by atoms with Gasteiger partial charge in [0.05, 0.1) is 22.7 Å². The molecule has 0 aliphatic rings. The Labute approximate surface area is 167 Å². The molecule has 1 aromatic carbocycles. The van der Waals surface area contributed by atoms with Crippen molar-refractivity contribution in [1.82, 2.24) is 14.4 Å². The third kappa shape index (κ3) is 3.25. The molecule has 0 atom stereocenters. The van der Waals surface area contributed by atoms with Gasteiger partial charge in [-0.15, -0.1) is 0 Å². The van der Waals surface area contributed by atoms with E-state index in [1.165, 1.54) is 0 Å². The molecule has 0 saturated carbocycles. The zero-order chi connectivity index (χ0) is 19.8. The molecular weight excluding hydrogens is 376 g/mol. The van der Waals surface area contributed by atoms with Crippen molar-refractivity contribution < 1.29 is 4.74 Å². The van der Waals surface area contributed by atoms with Gasteiger partial charge in [0.2, 0.25) is 0 Å². The molecular formula is C21H21ClN4O2. The van der Waals surface area contributed by atoms with E-state index in [0.29, 0.717) is 40.9 Å². The third-order valence-corrected chi connectivity index (χ3v) is 4.95. The van der Waals surface area contributed by atoms with Crippen LogP contribution >= 0.6 is 11.6 Å². The van der Waals surface area contributed by atoms with Crippen LogP contribution in [0, 0.1) is 13.8 Å². The molecule has 2 N–H and O–H groups in total. The van der Waals surface area contributed by atoms with Gasteiger partial charge in [-0.05, 0) is 49.1 Å². The Morgan fingerprint density at radius 3 is 2.86 bits per heavy atom. The Morgan fingerprint density at radius 2 is 2.07 bits per heavy atom. The molecule has 4 aromatic rings. The number of imidazole rings is 1. The predicted octanol–water partition coefficient (Wildman–Crippen LogP) is 4.17. The van der Waals surface area contributed by atoms with Crippen molar-refractivity contribution in [3.63, 3.8) is 0 Å². The van der Waals surface area contributed by atoms with E-state index in [4.69, 9.17) is 21.3 Å². The fraction of sp³-hybridized carbons (Fsp3) is 0.238. The quantitative estimate of drug-likeness (QED) is 0.496. The number of nitrogens with one attached hydrogen (secondary N) is 2. The minimum absolute atomic E-state index is 0.177. The van der Waals surface area contributed by atoms with E-state index < -0.39 is 0 Å². The van der Waals surface area contributed by atoms with Crippen LogP contribution in [-0.4, -0.2) is 34.6 Å². The van der Waals surface area contributed by atoms with E-state index in [2.05, 4.69) is 22.4 Å². The van der Waals surface area contributed by atoms with Gasteiger partial charge in [0.1, 0.15) is 17.2 Å². The van der Waals surface area contributed by atoms with Crippen LogP contribution in [0.3, 0.4) is 0 Å². The Bertz CT molecular complexity index is 1240. The van der Waals surface area contributed by atoms with Crippen molar-refractivity contribution in [2.24, 2.45) is 0 Å². The van der Waals surface area contributed by atoms with E-state index in [-0.39, 0.29) is 5.56 Å².